The van der Waals surface area contributed by atoms with Crippen LogP contribution in [0.1, 0.15) is 24.5 Å². The normalized spacial score (nSPS) is 12.9. The van der Waals surface area contributed by atoms with Crippen molar-refractivity contribution in [2.75, 3.05) is 35.7 Å². The van der Waals surface area contributed by atoms with Crippen LogP contribution in [0.3, 0.4) is 0 Å². The summed E-state index contributed by atoms with van der Waals surface area (Å²) in [5.41, 5.74) is 4.80. The second-order valence-electron chi connectivity index (χ2n) is 6.80. The summed E-state index contributed by atoms with van der Waals surface area (Å²) in [6.45, 7) is 4.65. The summed E-state index contributed by atoms with van der Waals surface area (Å²) in [6, 6.07) is 11.5. The van der Waals surface area contributed by atoms with Crippen LogP contribution >= 0.6 is 0 Å². The van der Waals surface area contributed by atoms with Gasteiger partial charge in [0.05, 0.1) is 19.3 Å². The predicted molar refractivity (Wildman–Crippen MR) is 108 cm³/mol. The van der Waals surface area contributed by atoms with Crippen LogP contribution in [0, 0.1) is 6.92 Å². The fourth-order valence-electron chi connectivity index (χ4n) is 3.42. The molecular formula is C21H25N3O3. The average molecular weight is 367 g/mol. The first-order chi connectivity index (χ1) is 13.0. The first kappa shape index (κ1) is 18.8. The lowest BCUT2D eigenvalue weighted by Crippen LogP contribution is -2.36. The minimum absolute atomic E-state index is 0.123. The molecular weight excluding hydrogens is 342 g/mol. The van der Waals surface area contributed by atoms with Crippen LogP contribution in [-0.2, 0) is 16.0 Å². The molecule has 1 heterocycles. The number of nitrogens with zero attached hydrogens (tertiary/aromatic N) is 1. The Labute approximate surface area is 159 Å². The van der Waals surface area contributed by atoms with E-state index in [1.54, 1.807) is 25.3 Å². The van der Waals surface area contributed by atoms with Crippen LogP contribution in [0.4, 0.5) is 17.1 Å². The van der Waals surface area contributed by atoms with Gasteiger partial charge in [0.15, 0.2) is 0 Å². The molecule has 0 bridgehead atoms. The van der Waals surface area contributed by atoms with Crippen molar-refractivity contribution in [2.45, 2.75) is 26.7 Å². The van der Waals surface area contributed by atoms with Gasteiger partial charge in [-0.1, -0.05) is 17.7 Å². The van der Waals surface area contributed by atoms with Crippen LogP contribution in [0.15, 0.2) is 36.4 Å². The van der Waals surface area contributed by atoms with E-state index >= 15 is 0 Å². The Hall–Kier alpha value is -3.02. The number of carbonyl (C=O) groups is 2. The first-order valence-corrected chi connectivity index (χ1v) is 9.06. The maximum absolute atomic E-state index is 12.7. The third-order valence-electron chi connectivity index (χ3n) is 4.58. The number of rotatable bonds is 5. The summed E-state index contributed by atoms with van der Waals surface area (Å²) >= 11 is 0. The number of aryl methyl sites for hydroxylation is 2. The number of benzene rings is 2. The SMILES string of the molecule is COc1ccc(NC(C)=O)cc1NC(=O)CN1CCCc2cc(C)ccc21. The predicted octanol–water partition coefficient (Wildman–Crippen LogP) is 3.35. The molecule has 0 unspecified atom stereocenters. The van der Waals surface area contributed by atoms with Gasteiger partial charge in [-0.3, -0.25) is 9.59 Å². The van der Waals surface area contributed by atoms with E-state index in [1.165, 1.54) is 18.1 Å². The van der Waals surface area contributed by atoms with Crippen LogP contribution in [0.2, 0.25) is 0 Å². The highest BCUT2D eigenvalue weighted by molar-refractivity contribution is 5.97. The molecule has 2 amide bonds. The molecule has 1 aliphatic heterocycles. The average Bonchev–Trinajstić information content (AvgIpc) is 2.61. The summed E-state index contributed by atoms with van der Waals surface area (Å²) in [4.78, 5) is 26.0. The number of hydrogen-bond donors (Lipinski definition) is 2. The Morgan fingerprint density at radius 1 is 1.15 bits per heavy atom. The number of fused-ring (bicyclic) bond motifs is 1. The lowest BCUT2D eigenvalue weighted by atomic mass is 9.99. The molecule has 27 heavy (non-hydrogen) atoms. The Morgan fingerprint density at radius 2 is 1.96 bits per heavy atom. The fraction of sp³-hybridized carbons (Fsp3) is 0.333. The van der Waals surface area contributed by atoms with Gasteiger partial charge in [0.25, 0.3) is 0 Å². The monoisotopic (exact) mass is 367 g/mol. The molecule has 0 saturated heterocycles. The van der Waals surface area contributed by atoms with E-state index in [2.05, 4.69) is 40.7 Å². The van der Waals surface area contributed by atoms with Crippen molar-refractivity contribution in [3.8, 4) is 5.75 Å². The molecule has 6 heteroatoms. The summed E-state index contributed by atoms with van der Waals surface area (Å²) in [7, 11) is 1.55. The quantitative estimate of drug-likeness (QED) is 0.850. The zero-order valence-electron chi connectivity index (χ0n) is 16.0. The Bertz CT molecular complexity index is 864. The number of amides is 2. The molecule has 0 radical (unpaired) electrons. The fourth-order valence-corrected chi connectivity index (χ4v) is 3.42. The summed E-state index contributed by atoms with van der Waals surface area (Å²) in [6.07, 6.45) is 2.08. The second kappa shape index (κ2) is 8.12. The van der Waals surface area contributed by atoms with Crippen LogP contribution in [-0.4, -0.2) is 32.0 Å². The van der Waals surface area contributed by atoms with Gasteiger partial charge in [-0.15, -0.1) is 0 Å². The zero-order chi connectivity index (χ0) is 19.4. The molecule has 0 fully saturated rings. The summed E-state index contributed by atoms with van der Waals surface area (Å²) < 4.78 is 5.32. The van der Waals surface area contributed by atoms with E-state index in [9.17, 15) is 9.59 Å². The molecule has 2 aromatic carbocycles. The minimum atomic E-state index is -0.169. The molecule has 2 aromatic rings. The molecule has 1 aliphatic rings. The Balaban J connectivity index is 1.74. The van der Waals surface area contributed by atoms with Crippen molar-refractivity contribution in [2.24, 2.45) is 0 Å². The van der Waals surface area contributed by atoms with E-state index in [4.69, 9.17) is 4.74 Å². The van der Waals surface area contributed by atoms with Gasteiger partial charge in [-0.2, -0.15) is 0 Å². The van der Waals surface area contributed by atoms with Crippen molar-refractivity contribution in [1.29, 1.82) is 0 Å². The highest BCUT2D eigenvalue weighted by Crippen LogP contribution is 2.30. The van der Waals surface area contributed by atoms with Crippen LogP contribution in [0.5, 0.6) is 5.75 Å². The van der Waals surface area contributed by atoms with E-state index in [0.717, 1.165) is 25.1 Å². The zero-order valence-corrected chi connectivity index (χ0v) is 16.0. The van der Waals surface area contributed by atoms with E-state index < -0.39 is 0 Å². The number of hydrogen-bond acceptors (Lipinski definition) is 4. The number of methoxy groups -OCH3 is 1. The Kier molecular flexibility index (Phi) is 5.64. The highest BCUT2D eigenvalue weighted by Gasteiger charge is 2.20. The smallest absolute Gasteiger partial charge is 0.243 e. The summed E-state index contributed by atoms with van der Waals surface area (Å²) in [5.74, 6) is 0.256. The molecule has 142 valence electrons. The Morgan fingerprint density at radius 3 is 2.70 bits per heavy atom. The number of nitrogens with one attached hydrogen (secondary N) is 2. The van der Waals surface area contributed by atoms with Gasteiger partial charge in [0, 0.05) is 24.8 Å². The molecule has 0 spiro atoms. The topological polar surface area (TPSA) is 70.7 Å². The highest BCUT2D eigenvalue weighted by atomic mass is 16.5. The van der Waals surface area contributed by atoms with E-state index in [1.807, 2.05) is 0 Å². The third-order valence-corrected chi connectivity index (χ3v) is 4.58. The second-order valence-corrected chi connectivity index (χ2v) is 6.80. The molecule has 3 rings (SSSR count). The van der Waals surface area contributed by atoms with E-state index in [-0.39, 0.29) is 18.4 Å². The lowest BCUT2D eigenvalue weighted by molar-refractivity contribution is -0.115. The van der Waals surface area contributed by atoms with Crippen molar-refractivity contribution < 1.29 is 14.3 Å². The lowest BCUT2D eigenvalue weighted by Gasteiger charge is -2.31. The molecule has 2 N–H and O–H groups in total. The maximum Gasteiger partial charge on any atom is 0.243 e. The van der Waals surface area contributed by atoms with Crippen molar-refractivity contribution in [1.82, 2.24) is 0 Å². The number of anilines is 3. The molecule has 6 nitrogen and oxygen atoms in total. The van der Waals surface area contributed by atoms with Crippen LogP contribution < -0.4 is 20.3 Å². The van der Waals surface area contributed by atoms with Gasteiger partial charge < -0.3 is 20.3 Å². The van der Waals surface area contributed by atoms with Crippen molar-refractivity contribution in [3.63, 3.8) is 0 Å². The van der Waals surface area contributed by atoms with Gasteiger partial charge in [0.2, 0.25) is 11.8 Å². The standard InChI is InChI=1S/C21H25N3O3/c1-14-6-8-19-16(11-14)5-4-10-24(19)13-21(26)23-18-12-17(22-15(2)25)7-9-20(18)27-3/h6-9,11-12H,4-5,10,13H2,1-3H3,(H,22,25)(H,23,26). The maximum atomic E-state index is 12.7. The van der Waals surface area contributed by atoms with Gasteiger partial charge in [0.1, 0.15) is 5.75 Å². The van der Waals surface area contributed by atoms with Crippen molar-refractivity contribution >= 4 is 28.9 Å². The third kappa shape index (κ3) is 4.58. The van der Waals surface area contributed by atoms with Gasteiger partial charge >= 0.3 is 0 Å². The first-order valence-electron chi connectivity index (χ1n) is 9.06. The molecule has 0 saturated carbocycles. The van der Waals surface area contributed by atoms with E-state index in [0.29, 0.717) is 17.1 Å². The molecule has 0 atom stereocenters. The number of carbonyl (C=O) groups excluding carboxylic acids is 2. The van der Waals surface area contributed by atoms with Gasteiger partial charge in [-0.25, -0.2) is 0 Å². The molecule has 0 aliphatic carbocycles. The van der Waals surface area contributed by atoms with Crippen LogP contribution in [0.25, 0.3) is 0 Å². The number of ether oxygens (including phenoxy) is 1. The largest absolute Gasteiger partial charge is 0.495 e. The minimum Gasteiger partial charge on any atom is -0.495 e. The molecule has 0 aromatic heterocycles. The van der Waals surface area contributed by atoms with Gasteiger partial charge in [-0.05, 0) is 49.6 Å². The summed E-state index contributed by atoms with van der Waals surface area (Å²) in [5, 5.41) is 5.62. The van der Waals surface area contributed by atoms with Crippen molar-refractivity contribution in [3.05, 3.63) is 47.5 Å².